The van der Waals surface area contributed by atoms with Crippen molar-refractivity contribution < 1.29 is 22.7 Å². The highest BCUT2D eigenvalue weighted by Gasteiger charge is 2.20. The summed E-state index contributed by atoms with van der Waals surface area (Å²) in [5.74, 6) is 0.357. The summed E-state index contributed by atoms with van der Waals surface area (Å²) in [7, 11) is -0.346. The van der Waals surface area contributed by atoms with Crippen LogP contribution in [0.2, 0.25) is 0 Å². The van der Waals surface area contributed by atoms with Gasteiger partial charge in [0.15, 0.2) is 0 Å². The van der Waals surface area contributed by atoms with Crippen molar-refractivity contribution in [1.82, 2.24) is 9.62 Å². The number of nitrogens with one attached hydrogen (secondary N) is 1. The molecular formula is C15H24N2O5S. The highest BCUT2D eigenvalue weighted by molar-refractivity contribution is 7.88. The Balaban J connectivity index is 2.64. The molecule has 0 aromatic heterocycles. The van der Waals surface area contributed by atoms with E-state index in [0.29, 0.717) is 25.3 Å². The molecule has 7 nitrogen and oxygen atoms in total. The van der Waals surface area contributed by atoms with Gasteiger partial charge in [0.1, 0.15) is 5.75 Å². The number of nitrogens with zero attached hydrogens (tertiary/aromatic N) is 1. The number of methoxy groups -OCH3 is 2. The molecule has 23 heavy (non-hydrogen) atoms. The maximum Gasteiger partial charge on any atom is 0.235 e. The van der Waals surface area contributed by atoms with E-state index in [1.165, 1.54) is 0 Å². The molecule has 8 heteroatoms. The van der Waals surface area contributed by atoms with Crippen molar-refractivity contribution in [3.63, 3.8) is 0 Å². The standard InChI is InChI=1S/C15H24N2O5S/c1-21-10-4-9-16-15(18)12-17(23(3,19)20)11-13-5-7-14(22-2)8-6-13/h5-8H,4,9-12H2,1-3H3,(H,16,18). The molecule has 0 spiro atoms. The molecule has 1 aromatic rings. The number of carbonyl (C=O) groups excluding carboxylic acids is 1. The number of carbonyl (C=O) groups is 1. The molecule has 0 fully saturated rings. The van der Waals surface area contributed by atoms with Crippen molar-refractivity contribution in [3.8, 4) is 5.75 Å². The Labute approximate surface area is 137 Å². The zero-order valence-corrected chi connectivity index (χ0v) is 14.6. The molecule has 0 saturated heterocycles. The van der Waals surface area contributed by atoms with Crippen molar-refractivity contribution in [3.05, 3.63) is 29.8 Å². The van der Waals surface area contributed by atoms with Crippen molar-refractivity contribution in [2.24, 2.45) is 0 Å². The third kappa shape index (κ3) is 7.45. The van der Waals surface area contributed by atoms with Gasteiger partial charge in [0, 0.05) is 26.8 Å². The smallest absolute Gasteiger partial charge is 0.235 e. The quantitative estimate of drug-likeness (QED) is 0.629. The van der Waals surface area contributed by atoms with Gasteiger partial charge in [-0.25, -0.2) is 8.42 Å². The normalized spacial score (nSPS) is 11.5. The van der Waals surface area contributed by atoms with Gasteiger partial charge < -0.3 is 14.8 Å². The minimum absolute atomic E-state index is 0.133. The summed E-state index contributed by atoms with van der Waals surface area (Å²) in [6.45, 7) is 0.918. The highest BCUT2D eigenvalue weighted by Crippen LogP contribution is 2.14. The predicted molar refractivity (Wildman–Crippen MR) is 87.8 cm³/mol. The lowest BCUT2D eigenvalue weighted by Gasteiger charge is -2.19. The van der Waals surface area contributed by atoms with Crippen LogP contribution in [0.5, 0.6) is 5.75 Å². The van der Waals surface area contributed by atoms with Crippen LogP contribution < -0.4 is 10.1 Å². The molecule has 1 N–H and O–H groups in total. The van der Waals surface area contributed by atoms with Crippen LogP contribution in [-0.2, 0) is 26.1 Å². The van der Waals surface area contributed by atoms with Crippen molar-refractivity contribution in [2.75, 3.05) is 40.2 Å². The first-order chi connectivity index (χ1) is 10.9. The molecule has 0 atom stereocenters. The maximum absolute atomic E-state index is 11.9. The van der Waals surface area contributed by atoms with Crippen LogP contribution in [0.4, 0.5) is 0 Å². The summed E-state index contributed by atoms with van der Waals surface area (Å²) < 4.78 is 34.8. The number of hydrogen-bond acceptors (Lipinski definition) is 5. The zero-order valence-electron chi connectivity index (χ0n) is 13.7. The molecule has 130 valence electrons. The summed E-state index contributed by atoms with van der Waals surface area (Å²) in [4.78, 5) is 11.9. The average Bonchev–Trinajstić information content (AvgIpc) is 2.51. The predicted octanol–water partition coefficient (Wildman–Crippen LogP) is 0.610. The largest absolute Gasteiger partial charge is 0.497 e. The van der Waals surface area contributed by atoms with E-state index < -0.39 is 10.0 Å². The van der Waals surface area contributed by atoms with Crippen LogP contribution in [0.3, 0.4) is 0 Å². The third-order valence-electron chi connectivity index (χ3n) is 3.15. The Morgan fingerprint density at radius 3 is 2.39 bits per heavy atom. The molecule has 1 aromatic carbocycles. The average molecular weight is 344 g/mol. The first-order valence-corrected chi connectivity index (χ1v) is 9.05. The van der Waals surface area contributed by atoms with Crippen molar-refractivity contribution in [1.29, 1.82) is 0 Å². The second-order valence-electron chi connectivity index (χ2n) is 5.08. The van der Waals surface area contributed by atoms with E-state index in [1.807, 2.05) is 0 Å². The summed E-state index contributed by atoms with van der Waals surface area (Å²) in [5, 5.41) is 2.68. The van der Waals surface area contributed by atoms with Gasteiger partial charge >= 0.3 is 0 Å². The Morgan fingerprint density at radius 1 is 1.22 bits per heavy atom. The zero-order chi connectivity index (χ0) is 17.3. The molecular weight excluding hydrogens is 320 g/mol. The Bertz CT molecular complexity index is 586. The fourth-order valence-corrected chi connectivity index (χ4v) is 2.62. The van der Waals surface area contributed by atoms with Gasteiger partial charge in [0.2, 0.25) is 15.9 Å². The van der Waals surface area contributed by atoms with Gasteiger partial charge in [-0.1, -0.05) is 12.1 Å². The third-order valence-corrected chi connectivity index (χ3v) is 4.35. The molecule has 1 amide bonds. The Hall–Kier alpha value is -1.64. The SMILES string of the molecule is COCCCNC(=O)CN(Cc1ccc(OC)cc1)S(C)(=O)=O. The topological polar surface area (TPSA) is 84.9 Å². The monoisotopic (exact) mass is 344 g/mol. The van der Waals surface area contributed by atoms with E-state index in [9.17, 15) is 13.2 Å². The van der Waals surface area contributed by atoms with Gasteiger partial charge in [0.25, 0.3) is 0 Å². The molecule has 0 saturated carbocycles. The van der Waals surface area contributed by atoms with Crippen LogP contribution in [0, 0.1) is 0 Å². The van der Waals surface area contributed by atoms with E-state index >= 15 is 0 Å². The number of amides is 1. The van der Waals surface area contributed by atoms with E-state index in [-0.39, 0.29) is 19.0 Å². The summed E-state index contributed by atoms with van der Waals surface area (Å²) in [6.07, 6.45) is 1.77. The summed E-state index contributed by atoms with van der Waals surface area (Å²) in [5.41, 5.74) is 0.781. The highest BCUT2D eigenvalue weighted by atomic mass is 32.2. The first-order valence-electron chi connectivity index (χ1n) is 7.20. The molecule has 0 radical (unpaired) electrons. The molecule has 0 bridgehead atoms. The number of hydrogen-bond donors (Lipinski definition) is 1. The van der Waals surface area contributed by atoms with Gasteiger partial charge in [-0.2, -0.15) is 4.31 Å². The first kappa shape index (κ1) is 19.4. The molecule has 0 aliphatic carbocycles. The second kappa shape index (κ2) is 9.49. The van der Waals surface area contributed by atoms with Crippen molar-refractivity contribution in [2.45, 2.75) is 13.0 Å². The number of benzene rings is 1. The van der Waals surface area contributed by atoms with Crippen LogP contribution in [0.1, 0.15) is 12.0 Å². The Morgan fingerprint density at radius 2 is 1.87 bits per heavy atom. The molecule has 0 aliphatic heterocycles. The number of sulfonamides is 1. The molecule has 0 heterocycles. The maximum atomic E-state index is 11.9. The van der Waals surface area contributed by atoms with Gasteiger partial charge in [-0.3, -0.25) is 4.79 Å². The fraction of sp³-hybridized carbons (Fsp3) is 0.533. The van der Waals surface area contributed by atoms with Crippen molar-refractivity contribution >= 4 is 15.9 Å². The lowest BCUT2D eigenvalue weighted by Crippen LogP contribution is -2.40. The van der Waals surface area contributed by atoms with Crippen LogP contribution in [0.25, 0.3) is 0 Å². The molecule has 1 rings (SSSR count). The van der Waals surface area contributed by atoms with Gasteiger partial charge in [0.05, 0.1) is 19.9 Å². The summed E-state index contributed by atoms with van der Waals surface area (Å²) in [6, 6.07) is 7.04. The van der Waals surface area contributed by atoms with Crippen LogP contribution in [0.15, 0.2) is 24.3 Å². The van der Waals surface area contributed by atoms with E-state index in [4.69, 9.17) is 9.47 Å². The van der Waals surface area contributed by atoms with Crippen LogP contribution in [-0.4, -0.2) is 58.8 Å². The lowest BCUT2D eigenvalue weighted by atomic mass is 10.2. The minimum Gasteiger partial charge on any atom is -0.497 e. The van der Waals surface area contributed by atoms with E-state index in [0.717, 1.165) is 16.1 Å². The number of ether oxygens (including phenoxy) is 2. The minimum atomic E-state index is -3.49. The van der Waals surface area contributed by atoms with E-state index in [2.05, 4.69) is 5.32 Å². The number of rotatable bonds is 10. The second-order valence-corrected chi connectivity index (χ2v) is 7.06. The molecule has 0 unspecified atom stereocenters. The molecule has 0 aliphatic rings. The lowest BCUT2D eigenvalue weighted by molar-refractivity contribution is -0.121. The Kier molecular flexibility index (Phi) is 8.01. The fourth-order valence-electron chi connectivity index (χ4n) is 1.89. The summed E-state index contributed by atoms with van der Waals surface area (Å²) >= 11 is 0. The van der Waals surface area contributed by atoms with Crippen LogP contribution >= 0.6 is 0 Å². The van der Waals surface area contributed by atoms with Gasteiger partial charge in [-0.05, 0) is 24.1 Å². The van der Waals surface area contributed by atoms with Gasteiger partial charge in [-0.15, -0.1) is 0 Å². The van der Waals surface area contributed by atoms with E-state index in [1.54, 1.807) is 38.5 Å².